The van der Waals surface area contributed by atoms with E-state index >= 15 is 0 Å². The van der Waals surface area contributed by atoms with E-state index in [1.54, 1.807) is 42.6 Å². The second-order valence-electron chi connectivity index (χ2n) is 8.37. The molecule has 4 aromatic rings. The summed E-state index contributed by atoms with van der Waals surface area (Å²) in [5, 5.41) is 21.8. The van der Waals surface area contributed by atoms with E-state index < -0.39 is 4.92 Å². The minimum Gasteiger partial charge on any atom is -0.493 e. The third-order valence-electron chi connectivity index (χ3n) is 5.76. The van der Waals surface area contributed by atoms with E-state index in [0.717, 1.165) is 11.1 Å². The minimum atomic E-state index is -0.462. The largest absolute Gasteiger partial charge is 0.493 e. The minimum absolute atomic E-state index is 0.00440. The van der Waals surface area contributed by atoms with Gasteiger partial charge in [-0.3, -0.25) is 14.9 Å². The zero-order valence-electron chi connectivity index (χ0n) is 20.8. The summed E-state index contributed by atoms with van der Waals surface area (Å²) in [6.45, 7) is 0.622. The molecule has 39 heavy (non-hydrogen) atoms. The molecular weight excluding hydrogens is 506 g/mol. The molecule has 12 nitrogen and oxygen atoms in total. The number of rotatable bonds is 10. The van der Waals surface area contributed by atoms with Crippen molar-refractivity contribution in [3.8, 4) is 28.7 Å². The van der Waals surface area contributed by atoms with Crippen molar-refractivity contribution < 1.29 is 28.7 Å². The van der Waals surface area contributed by atoms with Gasteiger partial charge in [-0.25, -0.2) is 4.68 Å². The smallest absolute Gasteiger partial charge is 0.269 e. The summed E-state index contributed by atoms with van der Waals surface area (Å²) < 4.78 is 23.5. The van der Waals surface area contributed by atoms with Crippen LogP contribution in [0.1, 0.15) is 16.8 Å². The summed E-state index contributed by atoms with van der Waals surface area (Å²) in [5.41, 5.74) is 2.84. The fraction of sp³-hybridized carbons (Fsp3) is 0.148. The number of fused-ring (bicyclic) bond motifs is 1. The van der Waals surface area contributed by atoms with Crippen LogP contribution in [0.3, 0.4) is 0 Å². The van der Waals surface area contributed by atoms with Gasteiger partial charge in [0.25, 0.3) is 5.69 Å². The zero-order chi connectivity index (χ0) is 27.2. The highest BCUT2D eigenvalue weighted by atomic mass is 16.7. The molecule has 3 aromatic carbocycles. The van der Waals surface area contributed by atoms with Crippen LogP contribution in [0.15, 0.2) is 72.9 Å². The number of benzene rings is 3. The van der Waals surface area contributed by atoms with Gasteiger partial charge in [0.05, 0.1) is 23.9 Å². The van der Waals surface area contributed by atoms with Crippen molar-refractivity contribution in [3.05, 3.63) is 99.9 Å². The number of nitrogens with zero attached hydrogens (tertiary/aromatic N) is 4. The Labute approximate surface area is 222 Å². The van der Waals surface area contributed by atoms with Gasteiger partial charge in [0, 0.05) is 24.8 Å². The quantitative estimate of drug-likeness (QED) is 0.184. The number of nitro benzene ring substituents is 1. The Morgan fingerprint density at radius 2 is 1.92 bits per heavy atom. The number of non-ortho nitro benzene ring substituents is 1. The SMILES string of the molecule is COc1cc(CNC(=O)/C=C/c2ccc3c(c2)OCO3)ccc1OCc1cn(-c2ccc([N+](=O)[O-])cc2)nn1. The number of nitro groups is 1. The lowest BCUT2D eigenvalue weighted by atomic mass is 10.2. The Morgan fingerprint density at radius 1 is 1.10 bits per heavy atom. The molecule has 0 fully saturated rings. The lowest BCUT2D eigenvalue weighted by Crippen LogP contribution is -2.20. The van der Waals surface area contributed by atoms with Gasteiger partial charge < -0.3 is 24.3 Å². The Hall–Kier alpha value is -5.39. The highest BCUT2D eigenvalue weighted by Crippen LogP contribution is 2.33. The number of hydrogen-bond donors (Lipinski definition) is 1. The van der Waals surface area contributed by atoms with E-state index in [1.165, 1.54) is 30.0 Å². The van der Waals surface area contributed by atoms with Crippen molar-refractivity contribution in [1.82, 2.24) is 20.3 Å². The molecule has 0 saturated heterocycles. The molecule has 0 unspecified atom stereocenters. The van der Waals surface area contributed by atoms with Crippen LogP contribution in [0.5, 0.6) is 23.0 Å². The standard InChI is InChI=1S/C27H23N5O7/c1-36-25-13-19(14-28-27(33)11-4-18-2-9-24-26(12-18)39-17-38-24)3-10-23(25)37-16-20-15-31(30-29-20)21-5-7-22(8-6-21)32(34)35/h2-13,15H,14,16-17H2,1H3,(H,28,33)/b11-4+. The Morgan fingerprint density at radius 3 is 2.72 bits per heavy atom. The molecule has 1 N–H and O–H groups in total. The van der Waals surface area contributed by atoms with E-state index in [4.69, 9.17) is 18.9 Å². The fourth-order valence-electron chi connectivity index (χ4n) is 3.75. The van der Waals surface area contributed by atoms with Crippen LogP contribution in [0.4, 0.5) is 5.69 Å². The summed E-state index contributed by atoms with van der Waals surface area (Å²) in [5.74, 6) is 2.09. The number of amides is 1. The van der Waals surface area contributed by atoms with Crippen molar-refractivity contribution in [3.63, 3.8) is 0 Å². The predicted octanol–water partition coefficient (Wildman–Crippen LogP) is 3.82. The van der Waals surface area contributed by atoms with Gasteiger partial charge in [0.2, 0.25) is 12.7 Å². The van der Waals surface area contributed by atoms with E-state index in [0.29, 0.717) is 40.9 Å². The van der Waals surface area contributed by atoms with E-state index in [9.17, 15) is 14.9 Å². The molecule has 1 aromatic heterocycles. The molecule has 5 rings (SSSR count). The van der Waals surface area contributed by atoms with Crippen LogP contribution in [0, 0.1) is 10.1 Å². The first-order valence-electron chi connectivity index (χ1n) is 11.8. The van der Waals surface area contributed by atoms with Gasteiger partial charge in [-0.2, -0.15) is 0 Å². The molecule has 198 valence electrons. The van der Waals surface area contributed by atoms with Crippen molar-refractivity contribution in [1.29, 1.82) is 0 Å². The lowest BCUT2D eigenvalue weighted by Gasteiger charge is -2.11. The van der Waals surface area contributed by atoms with Crippen LogP contribution in [0.25, 0.3) is 11.8 Å². The summed E-state index contributed by atoms with van der Waals surface area (Å²) in [6.07, 6.45) is 4.83. The number of carbonyl (C=O) groups excluding carboxylic acids is 1. The average molecular weight is 530 g/mol. The second kappa shape index (κ2) is 11.3. The van der Waals surface area contributed by atoms with Crippen LogP contribution < -0.4 is 24.3 Å². The molecular formula is C27H23N5O7. The fourth-order valence-corrected chi connectivity index (χ4v) is 3.75. The number of aromatic nitrogens is 3. The van der Waals surface area contributed by atoms with Crippen molar-refractivity contribution in [2.75, 3.05) is 13.9 Å². The van der Waals surface area contributed by atoms with Crippen LogP contribution in [-0.2, 0) is 17.9 Å². The van der Waals surface area contributed by atoms with Crippen molar-refractivity contribution in [2.24, 2.45) is 0 Å². The molecule has 0 radical (unpaired) electrons. The zero-order valence-corrected chi connectivity index (χ0v) is 20.8. The van der Waals surface area contributed by atoms with Gasteiger partial charge in [-0.15, -0.1) is 5.10 Å². The Bertz CT molecular complexity index is 1530. The van der Waals surface area contributed by atoms with E-state index in [2.05, 4.69) is 15.6 Å². The van der Waals surface area contributed by atoms with Gasteiger partial charge in [0.15, 0.2) is 23.0 Å². The van der Waals surface area contributed by atoms with Crippen LogP contribution in [-0.4, -0.2) is 39.7 Å². The third-order valence-corrected chi connectivity index (χ3v) is 5.76. The molecule has 0 spiro atoms. The van der Waals surface area contributed by atoms with Crippen LogP contribution in [0.2, 0.25) is 0 Å². The topological polar surface area (TPSA) is 140 Å². The van der Waals surface area contributed by atoms with Crippen LogP contribution >= 0.6 is 0 Å². The molecule has 0 aliphatic carbocycles. The van der Waals surface area contributed by atoms with Crippen molar-refractivity contribution in [2.45, 2.75) is 13.2 Å². The van der Waals surface area contributed by atoms with Gasteiger partial charge >= 0.3 is 0 Å². The summed E-state index contributed by atoms with van der Waals surface area (Å²) >= 11 is 0. The highest BCUT2D eigenvalue weighted by molar-refractivity contribution is 5.91. The first-order chi connectivity index (χ1) is 19.0. The van der Waals surface area contributed by atoms with Gasteiger partial charge in [-0.1, -0.05) is 17.3 Å². The average Bonchev–Trinajstić information content (AvgIpc) is 3.63. The third kappa shape index (κ3) is 6.13. The number of nitrogens with one attached hydrogen (secondary N) is 1. The van der Waals surface area contributed by atoms with Crippen molar-refractivity contribution >= 4 is 17.7 Å². The molecule has 1 amide bonds. The van der Waals surface area contributed by atoms with E-state index in [-0.39, 0.29) is 25.0 Å². The molecule has 12 heteroatoms. The Balaban J connectivity index is 1.15. The maximum absolute atomic E-state index is 12.3. The monoisotopic (exact) mass is 529 g/mol. The summed E-state index contributed by atoms with van der Waals surface area (Å²) in [7, 11) is 1.53. The summed E-state index contributed by atoms with van der Waals surface area (Å²) in [6, 6.07) is 16.8. The number of carbonyl (C=O) groups is 1. The van der Waals surface area contributed by atoms with Gasteiger partial charge in [0.1, 0.15) is 12.3 Å². The predicted molar refractivity (Wildman–Crippen MR) is 139 cm³/mol. The molecule has 0 bridgehead atoms. The summed E-state index contributed by atoms with van der Waals surface area (Å²) in [4.78, 5) is 22.7. The number of ether oxygens (including phenoxy) is 4. The molecule has 2 heterocycles. The first-order valence-corrected chi connectivity index (χ1v) is 11.8. The lowest BCUT2D eigenvalue weighted by molar-refractivity contribution is -0.384. The molecule has 0 saturated carbocycles. The highest BCUT2D eigenvalue weighted by Gasteiger charge is 2.13. The number of methoxy groups -OCH3 is 1. The first kappa shape index (κ1) is 25.3. The number of hydrogen-bond acceptors (Lipinski definition) is 9. The maximum Gasteiger partial charge on any atom is 0.269 e. The van der Waals surface area contributed by atoms with Gasteiger partial charge in [-0.05, 0) is 53.6 Å². The molecule has 1 aliphatic heterocycles. The maximum atomic E-state index is 12.3. The molecule has 0 atom stereocenters. The Kier molecular flexibility index (Phi) is 7.35. The normalized spacial score (nSPS) is 11.9. The molecule has 1 aliphatic rings. The second-order valence-corrected chi connectivity index (χ2v) is 8.37. The van der Waals surface area contributed by atoms with E-state index in [1.807, 2.05) is 18.2 Å².